The Kier molecular flexibility index (Phi) is 7.01. The smallest absolute Gasteiger partial charge is 0.241 e. The van der Waals surface area contributed by atoms with E-state index in [-0.39, 0.29) is 35.6 Å². The van der Waals surface area contributed by atoms with E-state index >= 15 is 0 Å². The van der Waals surface area contributed by atoms with Gasteiger partial charge in [-0.3, -0.25) is 14.8 Å². The van der Waals surface area contributed by atoms with Gasteiger partial charge in [0.25, 0.3) is 0 Å². The van der Waals surface area contributed by atoms with Gasteiger partial charge in [0, 0.05) is 34.9 Å². The molecule has 2 N–H and O–H groups in total. The highest BCUT2D eigenvalue weighted by molar-refractivity contribution is 6.30. The fourth-order valence-corrected chi connectivity index (χ4v) is 4.45. The van der Waals surface area contributed by atoms with Gasteiger partial charge >= 0.3 is 0 Å². The molecule has 2 heterocycles. The van der Waals surface area contributed by atoms with E-state index in [9.17, 15) is 4.79 Å². The number of carbonyl (C=O) groups excluding carboxylic acids is 1. The first-order chi connectivity index (χ1) is 16.1. The Hall–Kier alpha value is -2.83. The lowest BCUT2D eigenvalue weighted by Gasteiger charge is -2.21. The van der Waals surface area contributed by atoms with Gasteiger partial charge in [-0.05, 0) is 76.9 Å². The van der Waals surface area contributed by atoms with Crippen molar-refractivity contribution < 1.29 is 9.53 Å². The second kappa shape index (κ2) is 9.80. The third kappa shape index (κ3) is 5.62. The number of anilines is 1. The number of hydrogen-bond donors (Lipinski definition) is 2. The summed E-state index contributed by atoms with van der Waals surface area (Å²) >= 11 is 6.13. The molecule has 1 aliphatic heterocycles. The van der Waals surface area contributed by atoms with E-state index in [1.54, 1.807) is 0 Å². The van der Waals surface area contributed by atoms with E-state index in [0.717, 1.165) is 17.0 Å². The molecule has 0 aliphatic carbocycles. The van der Waals surface area contributed by atoms with Crippen LogP contribution in [0.2, 0.25) is 5.02 Å². The maximum atomic E-state index is 13.3. The average molecular weight is 481 g/mol. The summed E-state index contributed by atoms with van der Waals surface area (Å²) in [4.78, 5) is 13.3. The van der Waals surface area contributed by atoms with Gasteiger partial charge in [0.05, 0.1) is 23.4 Å². The van der Waals surface area contributed by atoms with Crippen molar-refractivity contribution in [2.75, 3.05) is 5.32 Å². The Balaban J connectivity index is 1.56. The molecular formula is C27H33ClN4O2. The maximum Gasteiger partial charge on any atom is 0.241 e. The Morgan fingerprint density at radius 1 is 1.18 bits per heavy atom. The van der Waals surface area contributed by atoms with Gasteiger partial charge in [-0.25, -0.2) is 0 Å². The van der Waals surface area contributed by atoms with E-state index in [4.69, 9.17) is 21.4 Å². The minimum Gasteiger partial charge on any atom is -0.491 e. The van der Waals surface area contributed by atoms with E-state index in [1.807, 2.05) is 73.3 Å². The number of rotatable bonds is 6. The van der Waals surface area contributed by atoms with Crippen molar-refractivity contribution in [2.24, 2.45) is 0 Å². The molecule has 1 amide bonds. The van der Waals surface area contributed by atoms with Gasteiger partial charge in [-0.1, -0.05) is 29.8 Å². The molecule has 7 heteroatoms. The van der Waals surface area contributed by atoms with Crippen molar-refractivity contribution >= 4 is 23.2 Å². The Morgan fingerprint density at radius 3 is 2.56 bits per heavy atom. The van der Waals surface area contributed by atoms with Crippen LogP contribution in [0.4, 0.5) is 5.69 Å². The van der Waals surface area contributed by atoms with Gasteiger partial charge < -0.3 is 10.1 Å². The normalized spacial score (nSPS) is 20.5. The van der Waals surface area contributed by atoms with Crippen molar-refractivity contribution in [3.63, 3.8) is 0 Å². The highest BCUT2D eigenvalue weighted by atomic mass is 35.5. The van der Waals surface area contributed by atoms with Crippen molar-refractivity contribution in [2.45, 2.75) is 70.7 Å². The summed E-state index contributed by atoms with van der Waals surface area (Å²) in [5.41, 5.74) is 2.67. The standard InChI is InChI=1S/C27H33ClN4O2/c1-17(2)34-21-8-6-7-20(15-21)29-26(33)24-16-22(23-13-14-32(31-23)27(3,4)5)25(30-24)18-9-11-19(28)12-10-18/h6-15,17,22,24-25,30H,16H2,1-5H3,(H,29,33)/t22-,24+,25+/m1/s1. The molecule has 2 aromatic carbocycles. The van der Waals surface area contributed by atoms with Crippen LogP contribution in [0, 0.1) is 0 Å². The first-order valence-corrected chi connectivity index (χ1v) is 12.1. The number of nitrogens with one attached hydrogen (secondary N) is 2. The number of ether oxygens (including phenoxy) is 1. The Morgan fingerprint density at radius 2 is 1.91 bits per heavy atom. The Bertz CT molecular complexity index is 1130. The summed E-state index contributed by atoms with van der Waals surface area (Å²) in [6, 6.07) is 17.0. The quantitative estimate of drug-likeness (QED) is 0.460. The molecule has 0 radical (unpaired) electrons. The summed E-state index contributed by atoms with van der Waals surface area (Å²) < 4.78 is 7.74. The number of nitrogens with zero attached hydrogens (tertiary/aromatic N) is 2. The molecule has 0 spiro atoms. The van der Waals surface area contributed by atoms with Crippen LogP contribution < -0.4 is 15.4 Å². The highest BCUT2D eigenvalue weighted by Crippen LogP contribution is 2.40. The van der Waals surface area contributed by atoms with Gasteiger partial charge in [-0.15, -0.1) is 0 Å². The third-order valence-electron chi connectivity index (χ3n) is 5.97. The minimum atomic E-state index is -0.361. The van der Waals surface area contributed by atoms with Gasteiger partial charge in [0.1, 0.15) is 5.75 Å². The molecule has 180 valence electrons. The largest absolute Gasteiger partial charge is 0.491 e. The molecule has 0 unspecified atom stereocenters. The molecule has 3 atom stereocenters. The van der Waals surface area contributed by atoms with Gasteiger partial charge in [0.15, 0.2) is 0 Å². The van der Waals surface area contributed by atoms with Crippen molar-refractivity contribution in [1.29, 1.82) is 0 Å². The zero-order valence-corrected chi connectivity index (χ0v) is 21.1. The van der Waals surface area contributed by atoms with E-state index in [2.05, 4.69) is 37.5 Å². The summed E-state index contributed by atoms with van der Waals surface area (Å²) in [7, 11) is 0. The third-order valence-corrected chi connectivity index (χ3v) is 6.22. The second-order valence-corrected chi connectivity index (χ2v) is 10.6. The molecule has 0 bridgehead atoms. The molecule has 1 fully saturated rings. The van der Waals surface area contributed by atoms with Crippen LogP contribution in [-0.2, 0) is 10.3 Å². The van der Waals surface area contributed by atoms with Crippen LogP contribution in [0.15, 0.2) is 60.8 Å². The van der Waals surface area contributed by atoms with Crippen LogP contribution in [0.3, 0.4) is 0 Å². The monoisotopic (exact) mass is 480 g/mol. The van der Waals surface area contributed by atoms with E-state index in [1.165, 1.54) is 0 Å². The predicted molar refractivity (Wildman–Crippen MR) is 137 cm³/mol. The lowest BCUT2D eigenvalue weighted by molar-refractivity contribution is -0.117. The highest BCUT2D eigenvalue weighted by Gasteiger charge is 2.40. The molecule has 6 nitrogen and oxygen atoms in total. The van der Waals surface area contributed by atoms with Crippen molar-refractivity contribution in [1.82, 2.24) is 15.1 Å². The first kappa shape index (κ1) is 24.3. The fourth-order valence-electron chi connectivity index (χ4n) is 4.32. The molecule has 1 aliphatic rings. The van der Waals surface area contributed by atoms with Crippen molar-refractivity contribution in [3.05, 3.63) is 77.1 Å². The lowest BCUT2D eigenvalue weighted by Crippen LogP contribution is -2.36. The molecule has 0 saturated carbocycles. The van der Waals surface area contributed by atoms with Crippen LogP contribution in [0.1, 0.15) is 64.3 Å². The lowest BCUT2D eigenvalue weighted by atomic mass is 9.90. The summed E-state index contributed by atoms with van der Waals surface area (Å²) in [5.74, 6) is 0.714. The van der Waals surface area contributed by atoms with E-state index in [0.29, 0.717) is 17.1 Å². The van der Waals surface area contributed by atoms with Crippen LogP contribution >= 0.6 is 11.6 Å². The number of carbonyl (C=O) groups is 1. The number of aromatic nitrogens is 2. The fraction of sp³-hybridized carbons (Fsp3) is 0.407. The first-order valence-electron chi connectivity index (χ1n) is 11.8. The molecule has 4 rings (SSSR count). The Labute approximate surface area is 206 Å². The molecule has 34 heavy (non-hydrogen) atoms. The SMILES string of the molecule is CC(C)Oc1cccc(NC(=O)[C@@H]2C[C@H](c3ccn(C(C)(C)C)n3)[C@H](c3ccc(Cl)cc3)N2)c1. The molecule has 1 aromatic heterocycles. The zero-order valence-electron chi connectivity index (χ0n) is 20.4. The topological polar surface area (TPSA) is 68.2 Å². The molecule has 1 saturated heterocycles. The zero-order chi connectivity index (χ0) is 24.5. The number of benzene rings is 2. The van der Waals surface area contributed by atoms with E-state index < -0.39 is 0 Å². The minimum absolute atomic E-state index is 0.0491. The van der Waals surface area contributed by atoms with Gasteiger partial charge in [-0.2, -0.15) is 5.10 Å². The van der Waals surface area contributed by atoms with Crippen LogP contribution in [-0.4, -0.2) is 27.8 Å². The van der Waals surface area contributed by atoms with Gasteiger partial charge in [0.2, 0.25) is 5.91 Å². The summed E-state index contributed by atoms with van der Waals surface area (Å²) in [5, 5.41) is 12.2. The predicted octanol–water partition coefficient (Wildman–Crippen LogP) is 5.90. The van der Waals surface area contributed by atoms with Crippen LogP contribution in [0.25, 0.3) is 0 Å². The molecule has 3 aromatic rings. The second-order valence-electron chi connectivity index (χ2n) is 10.1. The number of amides is 1. The summed E-state index contributed by atoms with van der Waals surface area (Å²) in [6.07, 6.45) is 2.72. The van der Waals surface area contributed by atoms with Crippen molar-refractivity contribution in [3.8, 4) is 5.75 Å². The van der Waals surface area contributed by atoms with Crippen LogP contribution in [0.5, 0.6) is 5.75 Å². The average Bonchev–Trinajstić information content (AvgIpc) is 3.41. The summed E-state index contributed by atoms with van der Waals surface area (Å²) in [6.45, 7) is 10.3. The maximum absolute atomic E-state index is 13.3. The molecular weight excluding hydrogens is 448 g/mol. The number of halogens is 1. The number of hydrogen-bond acceptors (Lipinski definition) is 4.